The molecule has 0 aromatic rings. The molecule has 2 nitrogen and oxygen atoms in total. The van der Waals surface area contributed by atoms with Gasteiger partial charge in [0.05, 0.1) is 12.9 Å². The topological polar surface area (TPSA) is 21.3 Å². The summed E-state index contributed by atoms with van der Waals surface area (Å²) in [5.74, 6) is 0.934. The smallest absolute Gasteiger partial charge is 0.0925 e. The Morgan fingerprint density at radius 3 is 2.46 bits per heavy atom. The quantitative estimate of drug-likeness (QED) is 0.505. The predicted molar refractivity (Wildman–Crippen MR) is 57.4 cm³/mol. The average molecular weight is 183 g/mol. The molecular formula is C11H21NO. The maximum atomic E-state index is 5.04. The molecular weight excluding hydrogens is 162 g/mol. The largest absolute Gasteiger partial charge is 0.501 e. The summed E-state index contributed by atoms with van der Waals surface area (Å²) in [7, 11) is 1.69. The van der Waals surface area contributed by atoms with Gasteiger partial charge in [0.1, 0.15) is 0 Å². The van der Waals surface area contributed by atoms with Gasteiger partial charge < -0.3 is 10.1 Å². The molecule has 0 aliphatic heterocycles. The summed E-state index contributed by atoms with van der Waals surface area (Å²) >= 11 is 0. The van der Waals surface area contributed by atoms with Gasteiger partial charge in [-0.1, -0.05) is 13.8 Å². The Bertz CT molecular complexity index is 183. The standard InChI is InChI=1S/C11H21NO/c1-5-9-12-11(6-2)8-7-10(3)13-4/h7-8,12H,5-6,9H2,1-4H3/b10-7+,11-8+. The summed E-state index contributed by atoms with van der Waals surface area (Å²) in [6.07, 6.45) is 6.26. The molecule has 0 saturated carbocycles. The Labute approximate surface area is 81.7 Å². The maximum absolute atomic E-state index is 5.04. The van der Waals surface area contributed by atoms with E-state index in [1.165, 1.54) is 5.70 Å². The van der Waals surface area contributed by atoms with Crippen LogP contribution in [0.4, 0.5) is 0 Å². The SMILES string of the molecule is CCCN/C(=C/C=C(\C)OC)CC. The van der Waals surface area contributed by atoms with E-state index >= 15 is 0 Å². The fourth-order valence-electron chi connectivity index (χ4n) is 0.873. The molecule has 0 aromatic carbocycles. The molecule has 76 valence electrons. The third kappa shape index (κ3) is 6.26. The zero-order chi connectivity index (χ0) is 10.1. The molecule has 0 rings (SSSR count). The highest BCUT2D eigenvalue weighted by atomic mass is 16.5. The zero-order valence-corrected chi connectivity index (χ0v) is 9.18. The molecule has 0 heterocycles. The zero-order valence-electron chi connectivity index (χ0n) is 9.18. The fourth-order valence-corrected chi connectivity index (χ4v) is 0.873. The van der Waals surface area contributed by atoms with Crippen LogP contribution in [0.3, 0.4) is 0 Å². The van der Waals surface area contributed by atoms with Gasteiger partial charge in [-0.2, -0.15) is 0 Å². The van der Waals surface area contributed by atoms with Gasteiger partial charge in [0, 0.05) is 12.2 Å². The summed E-state index contributed by atoms with van der Waals surface area (Å²) in [4.78, 5) is 0. The first-order valence-corrected chi connectivity index (χ1v) is 4.89. The van der Waals surface area contributed by atoms with E-state index < -0.39 is 0 Å². The summed E-state index contributed by atoms with van der Waals surface area (Å²) in [6.45, 7) is 7.30. The fraction of sp³-hybridized carbons (Fsp3) is 0.636. The van der Waals surface area contributed by atoms with Gasteiger partial charge >= 0.3 is 0 Å². The molecule has 0 aliphatic rings. The lowest BCUT2D eigenvalue weighted by molar-refractivity contribution is 0.293. The lowest BCUT2D eigenvalue weighted by Crippen LogP contribution is -2.13. The minimum absolute atomic E-state index is 0.934. The molecule has 2 heteroatoms. The van der Waals surface area contributed by atoms with Crippen molar-refractivity contribution in [3.63, 3.8) is 0 Å². The number of hydrogen-bond donors (Lipinski definition) is 1. The molecule has 0 bridgehead atoms. The number of hydrogen-bond acceptors (Lipinski definition) is 2. The highest BCUT2D eigenvalue weighted by molar-refractivity contribution is 5.12. The van der Waals surface area contributed by atoms with Crippen molar-refractivity contribution in [2.75, 3.05) is 13.7 Å². The van der Waals surface area contributed by atoms with E-state index in [0.717, 1.165) is 25.1 Å². The highest BCUT2D eigenvalue weighted by Gasteiger charge is 1.89. The second-order valence-corrected chi connectivity index (χ2v) is 2.95. The van der Waals surface area contributed by atoms with E-state index in [4.69, 9.17) is 4.74 Å². The van der Waals surface area contributed by atoms with Crippen molar-refractivity contribution in [1.29, 1.82) is 0 Å². The van der Waals surface area contributed by atoms with Crippen molar-refractivity contribution < 1.29 is 4.74 Å². The first-order chi connectivity index (χ1) is 6.24. The minimum atomic E-state index is 0.934. The van der Waals surface area contributed by atoms with Crippen LogP contribution in [0.25, 0.3) is 0 Å². The summed E-state index contributed by atoms with van der Waals surface area (Å²) in [5.41, 5.74) is 1.26. The summed E-state index contributed by atoms with van der Waals surface area (Å²) in [6, 6.07) is 0. The number of rotatable bonds is 6. The lowest BCUT2D eigenvalue weighted by atomic mass is 10.3. The number of nitrogens with one attached hydrogen (secondary N) is 1. The Balaban J connectivity index is 4.05. The Kier molecular flexibility index (Phi) is 7.17. The second kappa shape index (κ2) is 7.71. The maximum Gasteiger partial charge on any atom is 0.0925 e. The van der Waals surface area contributed by atoms with Crippen LogP contribution in [-0.4, -0.2) is 13.7 Å². The normalized spacial score (nSPS) is 12.9. The third-order valence-electron chi connectivity index (χ3n) is 1.82. The van der Waals surface area contributed by atoms with E-state index in [1.807, 2.05) is 13.0 Å². The van der Waals surface area contributed by atoms with Gasteiger partial charge in [-0.15, -0.1) is 0 Å². The average Bonchev–Trinajstić information content (AvgIpc) is 2.17. The number of ether oxygens (including phenoxy) is 1. The third-order valence-corrected chi connectivity index (χ3v) is 1.82. The van der Waals surface area contributed by atoms with Crippen molar-refractivity contribution in [2.45, 2.75) is 33.6 Å². The van der Waals surface area contributed by atoms with Crippen molar-refractivity contribution >= 4 is 0 Å². The van der Waals surface area contributed by atoms with Crippen LogP contribution in [0.5, 0.6) is 0 Å². The van der Waals surface area contributed by atoms with Crippen LogP contribution >= 0.6 is 0 Å². The van der Waals surface area contributed by atoms with Crippen LogP contribution in [0, 0.1) is 0 Å². The van der Waals surface area contributed by atoms with Crippen molar-refractivity contribution in [3.05, 3.63) is 23.6 Å². The van der Waals surface area contributed by atoms with Gasteiger partial charge in [-0.25, -0.2) is 0 Å². The van der Waals surface area contributed by atoms with E-state index in [9.17, 15) is 0 Å². The van der Waals surface area contributed by atoms with Crippen LogP contribution in [0.15, 0.2) is 23.6 Å². The molecule has 13 heavy (non-hydrogen) atoms. The summed E-state index contributed by atoms with van der Waals surface area (Å²) in [5, 5.41) is 3.36. The Morgan fingerprint density at radius 2 is 2.00 bits per heavy atom. The number of methoxy groups -OCH3 is 1. The first-order valence-electron chi connectivity index (χ1n) is 4.89. The molecule has 0 unspecified atom stereocenters. The van der Waals surface area contributed by atoms with Crippen LogP contribution in [0.2, 0.25) is 0 Å². The predicted octanol–water partition coefficient (Wildman–Crippen LogP) is 2.83. The van der Waals surface area contributed by atoms with Gasteiger partial charge in [-0.3, -0.25) is 0 Å². The van der Waals surface area contributed by atoms with Gasteiger partial charge in [0.2, 0.25) is 0 Å². The molecule has 0 aromatic heterocycles. The Morgan fingerprint density at radius 1 is 1.31 bits per heavy atom. The van der Waals surface area contributed by atoms with Crippen molar-refractivity contribution in [2.24, 2.45) is 0 Å². The van der Waals surface area contributed by atoms with Gasteiger partial charge in [0.15, 0.2) is 0 Å². The highest BCUT2D eigenvalue weighted by Crippen LogP contribution is 1.99. The molecule has 0 radical (unpaired) electrons. The molecule has 0 fully saturated rings. The lowest BCUT2D eigenvalue weighted by Gasteiger charge is -2.06. The van der Waals surface area contributed by atoms with Crippen LogP contribution in [-0.2, 0) is 4.74 Å². The summed E-state index contributed by atoms with van der Waals surface area (Å²) < 4.78 is 5.04. The molecule has 0 spiro atoms. The van der Waals surface area contributed by atoms with Crippen LogP contribution in [0.1, 0.15) is 33.6 Å². The van der Waals surface area contributed by atoms with Crippen LogP contribution < -0.4 is 5.32 Å². The molecule has 0 atom stereocenters. The molecule has 1 N–H and O–H groups in total. The van der Waals surface area contributed by atoms with E-state index in [-0.39, 0.29) is 0 Å². The van der Waals surface area contributed by atoms with Gasteiger partial charge in [0.25, 0.3) is 0 Å². The monoisotopic (exact) mass is 183 g/mol. The van der Waals surface area contributed by atoms with E-state index in [1.54, 1.807) is 7.11 Å². The van der Waals surface area contributed by atoms with E-state index in [0.29, 0.717) is 0 Å². The van der Waals surface area contributed by atoms with E-state index in [2.05, 4.69) is 25.2 Å². The van der Waals surface area contributed by atoms with Crippen molar-refractivity contribution in [1.82, 2.24) is 5.32 Å². The minimum Gasteiger partial charge on any atom is -0.501 e. The first kappa shape index (κ1) is 12.1. The number of allylic oxidation sites excluding steroid dienone is 4. The molecule has 0 amide bonds. The second-order valence-electron chi connectivity index (χ2n) is 2.95. The molecule has 0 aliphatic carbocycles. The van der Waals surface area contributed by atoms with Gasteiger partial charge in [-0.05, 0) is 31.9 Å². The molecule has 0 saturated heterocycles. The van der Waals surface area contributed by atoms with Crippen molar-refractivity contribution in [3.8, 4) is 0 Å². The Hall–Kier alpha value is -0.920.